The van der Waals surface area contributed by atoms with E-state index in [1.165, 1.54) is 0 Å². The molecule has 0 atom stereocenters. The first-order valence-electron chi connectivity index (χ1n) is 9.12. The molecule has 2 aromatic carbocycles. The monoisotopic (exact) mass is 402 g/mol. The molecule has 150 valence electrons. The van der Waals surface area contributed by atoms with E-state index in [1.807, 2.05) is 30.3 Å². The van der Waals surface area contributed by atoms with Gasteiger partial charge in [-0.05, 0) is 48.5 Å². The molecule has 0 aliphatic rings. The molecular formula is C22H18N4O4. The van der Waals surface area contributed by atoms with Gasteiger partial charge in [0, 0.05) is 11.8 Å². The minimum absolute atomic E-state index is 0.211. The Labute approximate surface area is 171 Å². The number of primary amides is 1. The Balaban J connectivity index is 1.59. The van der Waals surface area contributed by atoms with Crippen LogP contribution in [0.5, 0.6) is 5.75 Å². The molecule has 3 N–H and O–H groups in total. The maximum Gasteiger partial charge on any atom is 0.274 e. The molecule has 0 saturated carbocycles. The van der Waals surface area contributed by atoms with Crippen LogP contribution in [0.25, 0.3) is 17.1 Å². The summed E-state index contributed by atoms with van der Waals surface area (Å²) in [5.74, 6) is 0.139. The molecule has 2 amide bonds. The number of anilines is 1. The van der Waals surface area contributed by atoms with Crippen LogP contribution in [-0.2, 0) is 4.79 Å². The second-order valence-electron chi connectivity index (χ2n) is 6.37. The summed E-state index contributed by atoms with van der Waals surface area (Å²) in [5.41, 5.74) is 7.27. The molecule has 2 aromatic heterocycles. The zero-order valence-corrected chi connectivity index (χ0v) is 15.8. The fourth-order valence-electron chi connectivity index (χ4n) is 2.84. The van der Waals surface area contributed by atoms with E-state index in [9.17, 15) is 9.59 Å². The summed E-state index contributed by atoms with van der Waals surface area (Å²) in [4.78, 5) is 23.8. The second-order valence-corrected chi connectivity index (χ2v) is 6.37. The molecule has 0 unspecified atom stereocenters. The Morgan fingerprint density at radius 1 is 1.03 bits per heavy atom. The molecule has 0 aliphatic heterocycles. The third-order valence-electron chi connectivity index (χ3n) is 4.21. The third-order valence-corrected chi connectivity index (χ3v) is 4.21. The van der Waals surface area contributed by atoms with Gasteiger partial charge in [0.2, 0.25) is 0 Å². The number of nitrogens with one attached hydrogen (secondary N) is 1. The normalized spacial score (nSPS) is 10.5. The van der Waals surface area contributed by atoms with Gasteiger partial charge in [0.25, 0.3) is 11.8 Å². The highest BCUT2D eigenvalue weighted by Gasteiger charge is 2.19. The van der Waals surface area contributed by atoms with Gasteiger partial charge in [-0.2, -0.15) is 5.10 Å². The molecule has 0 saturated heterocycles. The second kappa shape index (κ2) is 8.36. The summed E-state index contributed by atoms with van der Waals surface area (Å²) in [5, 5.41) is 7.38. The van der Waals surface area contributed by atoms with Gasteiger partial charge in [-0.1, -0.05) is 18.2 Å². The Morgan fingerprint density at radius 2 is 1.80 bits per heavy atom. The van der Waals surface area contributed by atoms with E-state index in [4.69, 9.17) is 14.9 Å². The van der Waals surface area contributed by atoms with Crippen molar-refractivity contribution in [1.82, 2.24) is 9.78 Å². The van der Waals surface area contributed by atoms with Crippen molar-refractivity contribution in [3.05, 3.63) is 84.8 Å². The van der Waals surface area contributed by atoms with Gasteiger partial charge in [0.1, 0.15) is 17.1 Å². The van der Waals surface area contributed by atoms with Gasteiger partial charge in [0.15, 0.2) is 12.4 Å². The van der Waals surface area contributed by atoms with Crippen LogP contribution in [0.3, 0.4) is 0 Å². The van der Waals surface area contributed by atoms with E-state index in [1.54, 1.807) is 53.4 Å². The van der Waals surface area contributed by atoms with Crippen LogP contribution in [0.2, 0.25) is 0 Å². The Kier molecular flexibility index (Phi) is 5.29. The van der Waals surface area contributed by atoms with Gasteiger partial charge >= 0.3 is 0 Å². The maximum absolute atomic E-state index is 13.0. The number of furan rings is 1. The first-order valence-corrected chi connectivity index (χ1v) is 9.12. The average Bonchev–Trinajstić information content (AvgIpc) is 3.44. The highest BCUT2D eigenvalue weighted by Crippen LogP contribution is 2.23. The first-order chi connectivity index (χ1) is 14.6. The number of amides is 2. The van der Waals surface area contributed by atoms with Crippen molar-refractivity contribution in [2.75, 3.05) is 11.9 Å². The van der Waals surface area contributed by atoms with E-state index in [0.29, 0.717) is 28.6 Å². The van der Waals surface area contributed by atoms with Crippen LogP contribution in [0.1, 0.15) is 10.5 Å². The van der Waals surface area contributed by atoms with Crippen molar-refractivity contribution >= 4 is 17.5 Å². The van der Waals surface area contributed by atoms with Crippen molar-refractivity contribution in [3.8, 4) is 22.9 Å². The van der Waals surface area contributed by atoms with Crippen LogP contribution >= 0.6 is 0 Å². The molecule has 4 rings (SSSR count). The lowest BCUT2D eigenvalue weighted by atomic mass is 10.2. The molecule has 0 bridgehead atoms. The zero-order chi connectivity index (χ0) is 20.9. The summed E-state index contributed by atoms with van der Waals surface area (Å²) >= 11 is 0. The number of hydrogen-bond donors (Lipinski definition) is 2. The van der Waals surface area contributed by atoms with E-state index in [0.717, 1.165) is 5.69 Å². The molecule has 8 nitrogen and oxygen atoms in total. The molecular weight excluding hydrogens is 384 g/mol. The van der Waals surface area contributed by atoms with Crippen molar-refractivity contribution in [1.29, 1.82) is 0 Å². The van der Waals surface area contributed by atoms with Crippen LogP contribution in [0.15, 0.2) is 83.5 Å². The number of aromatic nitrogens is 2. The van der Waals surface area contributed by atoms with Crippen molar-refractivity contribution in [3.63, 3.8) is 0 Å². The summed E-state index contributed by atoms with van der Waals surface area (Å²) in [6.07, 6.45) is 1.55. The largest absolute Gasteiger partial charge is 0.484 e. The van der Waals surface area contributed by atoms with Crippen LogP contribution < -0.4 is 15.8 Å². The number of rotatable bonds is 7. The molecule has 2 heterocycles. The number of nitrogens with zero attached hydrogens (tertiary/aromatic N) is 2. The highest BCUT2D eigenvalue weighted by atomic mass is 16.5. The van der Waals surface area contributed by atoms with Crippen molar-refractivity contribution in [2.45, 2.75) is 0 Å². The van der Waals surface area contributed by atoms with E-state index in [2.05, 4.69) is 10.4 Å². The molecule has 4 aromatic rings. The first kappa shape index (κ1) is 19.0. The molecule has 0 spiro atoms. The van der Waals surface area contributed by atoms with Crippen LogP contribution in [0.4, 0.5) is 5.69 Å². The molecule has 8 heteroatoms. The third kappa shape index (κ3) is 4.22. The molecule has 0 fully saturated rings. The fourth-order valence-corrected chi connectivity index (χ4v) is 2.84. The van der Waals surface area contributed by atoms with Crippen molar-refractivity contribution < 1.29 is 18.7 Å². The molecule has 0 aliphatic carbocycles. The molecule has 30 heavy (non-hydrogen) atoms. The van der Waals surface area contributed by atoms with Crippen molar-refractivity contribution in [2.24, 2.45) is 5.73 Å². The number of carbonyl (C=O) groups is 2. The van der Waals surface area contributed by atoms with E-state index in [-0.39, 0.29) is 12.5 Å². The lowest BCUT2D eigenvalue weighted by Gasteiger charge is -2.09. The maximum atomic E-state index is 13.0. The van der Waals surface area contributed by atoms with Crippen LogP contribution in [0, 0.1) is 0 Å². The number of nitrogens with two attached hydrogens (primary N) is 1. The van der Waals surface area contributed by atoms with E-state index >= 15 is 0 Å². The summed E-state index contributed by atoms with van der Waals surface area (Å²) in [7, 11) is 0. The lowest BCUT2D eigenvalue weighted by Crippen LogP contribution is -2.20. The van der Waals surface area contributed by atoms with Gasteiger partial charge in [-0.25, -0.2) is 4.68 Å². The Bertz CT molecular complexity index is 1150. The Hall–Kier alpha value is -4.33. The standard InChI is InChI=1S/C22H18N4O4/c23-21(27)14-30-17-10-8-15(9-11-17)24-22(28)19-13-18(20-7-4-12-29-20)25-26(19)16-5-2-1-3-6-16/h1-13H,14H2,(H2,23,27)(H,24,28). The SMILES string of the molecule is NC(=O)COc1ccc(NC(=O)c2cc(-c3ccco3)nn2-c2ccccc2)cc1. The number of benzene rings is 2. The quantitative estimate of drug-likeness (QED) is 0.493. The van der Waals surface area contributed by atoms with Gasteiger partial charge < -0.3 is 20.2 Å². The smallest absolute Gasteiger partial charge is 0.274 e. The summed E-state index contributed by atoms with van der Waals surface area (Å²) < 4.78 is 12.2. The van der Waals surface area contributed by atoms with Gasteiger partial charge in [0.05, 0.1) is 12.0 Å². The van der Waals surface area contributed by atoms with Crippen LogP contribution in [-0.4, -0.2) is 28.2 Å². The number of hydrogen-bond acceptors (Lipinski definition) is 5. The predicted octanol–water partition coefficient (Wildman–Crippen LogP) is 3.25. The predicted molar refractivity (Wildman–Crippen MR) is 110 cm³/mol. The average molecular weight is 402 g/mol. The highest BCUT2D eigenvalue weighted by molar-refractivity contribution is 6.04. The number of para-hydroxylation sites is 1. The summed E-state index contributed by atoms with van der Waals surface area (Å²) in [6.45, 7) is -0.211. The molecule has 0 radical (unpaired) electrons. The Morgan fingerprint density at radius 3 is 2.47 bits per heavy atom. The minimum Gasteiger partial charge on any atom is -0.484 e. The lowest BCUT2D eigenvalue weighted by molar-refractivity contribution is -0.119. The van der Waals surface area contributed by atoms with Gasteiger partial charge in [-0.15, -0.1) is 0 Å². The van der Waals surface area contributed by atoms with E-state index < -0.39 is 5.91 Å². The summed E-state index contributed by atoms with van der Waals surface area (Å²) in [6, 6.07) is 21.2. The number of carbonyl (C=O) groups excluding carboxylic acids is 2. The fraction of sp³-hybridized carbons (Fsp3) is 0.0455. The number of ether oxygens (including phenoxy) is 1. The zero-order valence-electron chi connectivity index (χ0n) is 15.8. The topological polar surface area (TPSA) is 112 Å². The minimum atomic E-state index is -0.561. The van der Waals surface area contributed by atoms with Gasteiger partial charge in [-0.3, -0.25) is 9.59 Å².